The molecule has 0 aromatic carbocycles. The molecule has 1 aliphatic rings. The summed E-state index contributed by atoms with van der Waals surface area (Å²) in [7, 11) is 1.44. The van der Waals surface area contributed by atoms with Crippen molar-refractivity contribution in [3.05, 3.63) is 23.9 Å². The van der Waals surface area contributed by atoms with Crippen LogP contribution in [0, 0.1) is 12.8 Å². The Morgan fingerprint density at radius 3 is 3.06 bits per heavy atom. The third-order valence-electron chi connectivity index (χ3n) is 2.92. The molecule has 1 saturated heterocycles. The van der Waals surface area contributed by atoms with Gasteiger partial charge in [0.2, 0.25) is 0 Å². The van der Waals surface area contributed by atoms with E-state index in [1.807, 2.05) is 25.1 Å². The SMILES string of the molecule is COC(=O)C1CCN(c2cccc(C)n2)C1. The summed E-state index contributed by atoms with van der Waals surface area (Å²) in [6.07, 6.45) is 0.849. The van der Waals surface area contributed by atoms with Gasteiger partial charge in [-0.05, 0) is 25.5 Å². The van der Waals surface area contributed by atoms with Gasteiger partial charge in [-0.1, -0.05) is 6.07 Å². The number of rotatable bonds is 2. The zero-order valence-corrected chi connectivity index (χ0v) is 9.64. The van der Waals surface area contributed by atoms with Gasteiger partial charge in [-0.3, -0.25) is 4.79 Å². The Morgan fingerprint density at radius 2 is 2.38 bits per heavy atom. The third kappa shape index (κ3) is 2.15. The van der Waals surface area contributed by atoms with Gasteiger partial charge >= 0.3 is 5.97 Å². The second-order valence-electron chi connectivity index (χ2n) is 4.09. The van der Waals surface area contributed by atoms with Crippen molar-refractivity contribution < 1.29 is 9.53 Å². The van der Waals surface area contributed by atoms with E-state index in [2.05, 4.69) is 9.88 Å². The van der Waals surface area contributed by atoms with E-state index < -0.39 is 0 Å². The minimum absolute atomic E-state index is 0.00712. The molecule has 4 nitrogen and oxygen atoms in total. The molecule has 0 saturated carbocycles. The normalized spacial score (nSPS) is 19.9. The molecule has 1 aromatic heterocycles. The molecule has 0 spiro atoms. The lowest BCUT2D eigenvalue weighted by atomic mass is 10.1. The first-order valence-corrected chi connectivity index (χ1v) is 5.47. The first kappa shape index (κ1) is 10.9. The Kier molecular flexibility index (Phi) is 3.08. The summed E-state index contributed by atoms with van der Waals surface area (Å²) in [6.45, 7) is 3.55. The van der Waals surface area contributed by atoms with Crippen LogP contribution in [-0.4, -0.2) is 31.2 Å². The van der Waals surface area contributed by atoms with Crippen LogP contribution in [0.15, 0.2) is 18.2 Å². The van der Waals surface area contributed by atoms with Crippen molar-refractivity contribution in [1.82, 2.24) is 4.98 Å². The molecular weight excluding hydrogens is 204 g/mol. The molecule has 4 heteroatoms. The van der Waals surface area contributed by atoms with Crippen LogP contribution in [0.25, 0.3) is 0 Å². The highest BCUT2D eigenvalue weighted by Crippen LogP contribution is 2.22. The predicted octanol–water partition coefficient (Wildman–Crippen LogP) is 1.39. The maximum Gasteiger partial charge on any atom is 0.310 e. The molecule has 0 radical (unpaired) electrons. The summed E-state index contributed by atoms with van der Waals surface area (Å²) >= 11 is 0. The zero-order valence-electron chi connectivity index (χ0n) is 9.64. The number of methoxy groups -OCH3 is 1. The van der Waals surface area contributed by atoms with Crippen molar-refractivity contribution in [2.45, 2.75) is 13.3 Å². The number of aryl methyl sites for hydroxylation is 1. The Labute approximate surface area is 95.2 Å². The van der Waals surface area contributed by atoms with E-state index in [-0.39, 0.29) is 11.9 Å². The smallest absolute Gasteiger partial charge is 0.310 e. The van der Waals surface area contributed by atoms with Crippen molar-refractivity contribution in [2.24, 2.45) is 5.92 Å². The van der Waals surface area contributed by atoms with Crippen LogP contribution in [0.5, 0.6) is 0 Å². The average Bonchev–Trinajstić information content (AvgIpc) is 2.77. The van der Waals surface area contributed by atoms with E-state index in [1.165, 1.54) is 7.11 Å². The Morgan fingerprint density at radius 1 is 1.56 bits per heavy atom. The number of ether oxygens (including phenoxy) is 1. The second kappa shape index (κ2) is 4.51. The van der Waals surface area contributed by atoms with Gasteiger partial charge in [0.1, 0.15) is 5.82 Å². The molecule has 16 heavy (non-hydrogen) atoms. The summed E-state index contributed by atoms with van der Waals surface area (Å²) in [6, 6.07) is 5.94. The third-order valence-corrected chi connectivity index (χ3v) is 2.92. The first-order valence-electron chi connectivity index (χ1n) is 5.47. The fourth-order valence-corrected chi connectivity index (χ4v) is 2.03. The molecule has 2 rings (SSSR count). The van der Waals surface area contributed by atoms with Crippen LogP contribution in [0.3, 0.4) is 0 Å². The maximum atomic E-state index is 11.4. The fourth-order valence-electron chi connectivity index (χ4n) is 2.03. The zero-order chi connectivity index (χ0) is 11.5. The van der Waals surface area contributed by atoms with E-state index in [9.17, 15) is 4.79 Å². The van der Waals surface area contributed by atoms with Crippen LogP contribution in [0.1, 0.15) is 12.1 Å². The number of anilines is 1. The van der Waals surface area contributed by atoms with Crippen molar-refractivity contribution in [1.29, 1.82) is 0 Å². The molecule has 0 aliphatic carbocycles. The van der Waals surface area contributed by atoms with Crippen molar-refractivity contribution in [3.8, 4) is 0 Å². The molecule has 2 heterocycles. The quantitative estimate of drug-likeness (QED) is 0.706. The molecule has 0 N–H and O–H groups in total. The van der Waals surface area contributed by atoms with Gasteiger partial charge in [0.05, 0.1) is 13.0 Å². The number of nitrogens with zero attached hydrogens (tertiary/aromatic N) is 2. The lowest BCUT2D eigenvalue weighted by molar-refractivity contribution is -0.144. The first-order chi connectivity index (χ1) is 7.70. The van der Waals surface area contributed by atoms with Crippen LogP contribution >= 0.6 is 0 Å². The van der Waals surface area contributed by atoms with E-state index in [0.29, 0.717) is 6.54 Å². The molecular formula is C12H16N2O2. The Balaban J connectivity index is 2.06. The summed E-state index contributed by atoms with van der Waals surface area (Å²) in [4.78, 5) is 18.0. The Hall–Kier alpha value is -1.58. The second-order valence-corrected chi connectivity index (χ2v) is 4.09. The number of pyridine rings is 1. The molecule has 1 aromatic rings. The van der Waals surface area contributed by atoms with Crippen LogP contribution in [-0.2, 0) is 9.53 Å². The van der Waals surface area contributed by atoms with Gasteiger partial charge < -0.3 is 9.64 Å². The number of carbonyl (C=O) groups excluding carboxylic acids is 1. The lowest BCUT2D eigenvalue weighted by Crippen LogP contribution is -2.24. The number of hydrogen-bond acceptors (Lipinski definition) is 4. The van der Waals surface area contributed by atoms with Gasteiger partial charge in [-0.2, -0.15) is 0 Å². The topological polar surface area (TPSA) is 42.4 Å². The number of esters is 1. The molecule has 86 valence electrons. The minimum atomic E-state index is -0.116. The van der Waals surface area contributed by atoms with Crippen molar-refractivity contribution in [3.63, 3.8) is 0 Å². The summed E-state index contributed by atoms with van der Waals surface area (Å²) in [5, 5.41) is 0. The highest BCUT2D eigenvalue weighted by molar-refractivity contribution is 5.74. The average molecular weight is 220 g/mol. The molecule has 0 bridgehead atoms. The standard InChI is InChI=1S/C12H16N2O2/c1-9-4-3-5-11(13-9)14-7-6-10(8-14)12(15)16-2/h3-5,10H,6-8H2,1-2H3. The molecule has 1 atom stereocenters. The summed E-state index contributed by atoms with van der Waals surface area (Å²) < 4.78 is 4.76. The van der Waals surface area contributed by atoms with E-state index >= 15 is 0 Å². The van der Waals surface area contributed by atoms with E-state index in [4.69, 9.17) is 4.74 Å². The van der Waals surface area contributed by atoms with Crippen LogP contribution in [0.4, 0.5) is 5.82 Å². The monoisotopic (exact) mass is 220 g/mol. The highest BCUT2D eigenvalue weighted by Gasteiger charge is 2.29. The summed E-state index contributed by atoms with van der Waals surface area (Å²) in [5.74, 6) is 0.828. The lowest BCUT2D eigenvalue weighted by Gasteiger charge is -2.17. The highest BCUT2D eigenvalue weighted by atomic mass is 16.5. The molecule has 1 fully saturated rings. The molecule has 1 unspecified atom stereocenters. The van der Waals surface area contributed by atoms with E-state index in [1.54, 1.807) is 0 Å². The largest absolute Gasteiger partial charge is 0.469 e. The fraction of sp³-hybridized carbons (Fsp3) is 0.500. The maximum absolute atomic E-state index is 11.4. The van der Waals surface area contributed by atoms with Crippen molar-refractivity contribution in [2.75, 3.05) is 25.1 Å². The van der Waals surface area contributed by atoms with E-state index in [0.717, 1.165) is 24.5 Å². The van der Waals surface area contributed by atoms with Gasteiger partial charge in [0.25, 0.3) is 0 Å². The van der Waals surface area contributed by atoms with Gasteiger partial charge in [0, 0.05) is 18.8 Å². The number of carbonyl (C=O) groups is 1. The molecule has 0 amide bonds. The van der Waals surface area contributed by atoms with Gasteiger partial charge in [-0.15, -0.1) is 0 Å². The molecule has 1 aliphatic heterocycles. The Bertz CT molecular complexity index is 392. The predicted molar refractivity (Wildman–Crippen MR) is 61.3 cm³/mol. The van der Waals surface area contributed by atoms with Crippen molar-refractivity contribution >= 4 is 11.8 Å². The number of aromatic nitrogens is 1. The van der Waals surface area contributed by atoms with Gasteiger partial charge in [-0.25, -0.2) is 4.98 Å². The van der Waals surface area contributed by atoms with Crippen LogP contribution < -0.4 is 4.90 Å². The van der Waals surface area contributed by atoms with Gasteiger partial charge in [0.15, 0.2) is 0 Å². The summed E-state index contributed by atoms with van der Waals surface area (Å²) in [5.41, 5.74) is 0.999. The number of hydrogen-bond donors (Lipinski definition) is 0. The van der Waals surface area contributed by atoms with Crippen LogP contribution in [0.2, 0.25) is 0 Å². The minimum Gasteiger partial charge on any atom is -0.469 e.